The zero-order valence-corrected chi connectivity index (χ0v) is 22.7. The van der Waals surface area contributed by atoms with Crippen LogP contribution in [0.4, 0.5) is 9.59 Å². The summed E-state index contributed by atoms with van der Waals surface area (Å²) in [4.78, 5) is 62.0. The lowest BCUT2D eigenvalue weighted by molar-refractivity contribution is -0.150. The van der Waals surface area contributed by atoms with Crippen LogP contribution in [0.15, 0.2) is 13.6 Å². The predicted molar refractivity (Wildman–Crippen MR) is 131 cm³/mol. The molecule has 1 fully saturated rings. The molecular weight excluding hydrogens is 528 g/mol. The lowest BCUT2D eigenvalue weighted by Gasteiger charge is -2.31. The first kappa shape index (κ1) is 31.2. The number of esters is 2. The van der Waals surface area contributed by atoms with E-state index < -0.39 is 46.7 Å². The molecule has 0 spiro atoms. The third-order valence-electron chi connectivity index (χ3n) is 5.37. The van der Waals surface area contributed by atoms with Crippen LogP contribution in [0.2, 0.25) is 0 Å². The lowest BCUT2D eigenvalue weighted by atomic mass is 10.0. The minimum absolute atomic E-state index is 0.0435. The zero-order chi connectivity index (χ0) is 28.1. The van der Waals surface area contributed by atoms with Gasteiger partial charge in [-0.3, -0.25) is 9.69 Å². The average molecular weight is 563 g/mol. The summed E-state index contributed by atoms with van der Waals surface area (Å²) in [6.45, 7) is 8.70. The van der Waals surface area contributed by atoms with Gasteiger partial charge in [0.1, 0.15) is 6.04 Å². The number of rotatable bonds is 13. The van der Waals surface area contributed by atoms with E-state index in [0.29, 0.717) is 31.4 Å². The molecule has 14 nitrogen and oxygen atoms in total. The summed E-state index contributed by atoms with van der Waals surface area (Å²) in [7, 11) is 0. The summed E-state index contributed by atoms with van der Waals surface area (Å²) in [5.41, 5.74) is 0. The maximum atomic E-state index is 12.9. The highest BCUT2D eigenvalue weighted by molar-refractivity contribution is 8.14. The highest BCUT2D eigenvalue weighted by Gasteiger charge is 2.41. The number of hydrogen-bond acceptors (Lipinski definition) is 14. The molecular formula is C23H34N2O12S. The molecule has 38 heavy (non-hydrogen) atoms. The van der Waals surface area contributed by atoms with E-state index in [1.54, 1.807) is 0 Å². The number of thioether (sulfide) groups is 1. The van der Waals surface area contributed by atoms with Crippen molar-refractivity contribution in [2.75, 3.05) is 46.2 Å². The standard InChI is InChI=1S/C23H34N2O12S/c1-15-17(37-21(29)36-15)13-33-22(30)38-23(3,4)18(24-20(28)35-14-34-16(2)26)19(27)32-10-6-5-7-25-8-11-31-12-9-25/h18H,5-14H2,1-4H3,(H,24,28)/t18-/m0/s1. The fourth-order valence-corrected chi connectivity index (χ4v) is 4.11. The van der Waals surface area contributed by atoms with Crippen LogP contribution in [-0.4, -0.2) is 85.3 Å². The van der Waals surface area contributed by atoms with Gasteiger partial charge in [0.15, 0.2) is 18.1 Å². The maximum absolute atomic E-state index is 12.9. The van der Waals surface area contributed by atoms with Crippen molar-refractivity contribution in [2.24, 2.45) is 0 Å². The van der Waals surface area contributed by atoms with Gasteiger partial charge in [-0.1, -0.05) is 0 Å². The van der Waals surface area contributed by atoms with E-state index in [0.717, 1.165) is 33.0 Å². The normalized spacial score (nSPS) is 14.8. The fraction of sp³-hybridized carbons (Fsp3) is 0.696. The number of amides is 1. The molecule has 1 saturated heterocycles. The van der Waals surface area contributed by atoms with Crippen molar-refractivity contribution in [3.63, 3.8) is 0 Å². The van der Waals surface area contributed by atoms with E-state index in [1.165, 1.54) is 20.8 Å². The second-order valence-electron chi connectivity index (χ2n) is 8.77. The van der Waals surface area contributed by atoms with Gasteiger partial charge >= 0.3 is 29.2 Å². The molecule has 1 aromatic rings. The Morgan fingerprint density at radius 1 is 1.05 bits per heavy atom. The molecule has 214 valence electrons. The third-order valence-corrected chi connectivity index (χ3v) is 6.41. The Morgan fingerprint density at radius 3 is 2.39 bits per heavy atom. The molecule has 1 amide bonds. The van der Waals surface area contributed by atoms with Gasteiger partial charge in [0.25, 0.3) is 0 Å². The van der Waals surface area contributed by atoms with Gasteiger partial charge < -0.3 is 37.8 Å². The van der Waals surface area contributed by atoms with Crippen LogP contribution >= 0.6 is 11.8 Å². The van der Waals surface area contributed by atoms with Crippen molar-refractivity contribution in [3.05, 3.63) is 22.1 Å². The minimum Gasteiger partial charge on any atom is -0.464 e. The summed E-state index contributed by atoms with van der Waals surface area (Å²) < 4.78 is 33.4. The lowest BCUT2D eigenvalue weighted by Crippen LogP contribution is -2.54. The molecule has 1 atom stereocenters. The molecule has 1 aromatic heterocycles. The zero-order valence-electron chi connectivity index (χ0n) is 21.9. The molecule has 0 aromatic carbocycles. The monoisotopic (exact) mass is 562 g/mol. The number of hydrogen-bond donors (Lipinski definition) is 1. The molecule has 0 unspecified atom stereocenters. The van der Waals surface area contributed by atoms with Crippen LogP contribution in [0.5, 0.6) is 0 Å². The van der Waals surface area contributed by atoms with Crippen LogP contribution in [0.3, 0.4) is 0 Å². The Hall–Kier alpha value is -3.04. The molecule has 0 bridgehead atoms. The highest BCUT2D eigenvalue weighted by Crippen LogP contribution is 2.31. The van der Waals surface area contributed by atoms with E-state index in [4.69, 9.17) is 27.8 Å². The number of aryl methyl sites for hydroxylation is 1. The van der Waals surface area contributed by atoms with E-state index in [1.807, 2.05) is 0 Å². The van der Waals surface area contributed by atoms with Crippen LogP contribution in [0.25, 0.3) is 0 Å². The van der Waals surface area contributed by atoms with Gasteiger partial charge in [0.2, 0.25) is 6.79 Å². The van der Waals surface area contributed by atoms with Crippen molar-refractivity contribution >= 4 is 35.1 Å². The first-order valence-corrected chi connectivity index (χ1v) is 12.8. The van der Waals surface area contributed by atoms with Crippen molar-refractivity contribution < 1.29 is 51.7 Å². The van der Waals surface area contributed by atoms with Crippen LogP contribution in [0, 0.1) is 6.92 Å². The van der Waals surface area contributed by atoms with Gasteiger partial charge in [0.05, 0.1) is 24.6 Å². The summed E-state index contributed by atoms with van der Waals surface area (Å²) in [6, 6.07) is -1.34. The number of unbranched alkanes of at least 4 members (excludes halogenated alkanes) is 1. The molecule has 1 aliphatic rings. The van der Waals surface area contributed by atoms with Crippen LogP contribution in [-0.2, 0) is 39.9 Å². The van der Waals surface area contributed by atoms with Gasteiger partial charge in [0, 0.05) is 20.0 Å². The van der Waals surface area contributed by atoms with Gasteiger partial charge in [-0.05, 0) is 51.9 Å². The molecule has 2 rings (SSSR count). The van der Waals surface area contributed by atoms with Crippen molar-refractivity contribution in [1.29, 1.82) is 0 Å². The van der Waals surface area contributed by atoms with Crippen molar-refractivity contribution in [3.8, 4) is 0 Å². The van der Waals surface area contributed by atoms with E-state index in [-0.39, 0.29) is 24.7 Å². The topological polar surface area (TPSA) is 173 Å². The Kier molecular flexibility index (Phi) is 12.6. The first-order valence-electron chi connectivity index (χ1n) is 12.0. The third kappa shape index (κ3) is 11.1. The largest absolute Gasteiger partial charge is 0.519 e. The van der Waals surface area contributed by atoms with Crippen LogP contribution in [0.1, 0.15) is 45.1 Å². The number of nitrogens with one attached hydrogen (secondary N) is 1. The quantitative estimate of drug-likeness (QED) is 0.160. The second kappa shape index (κ2) is 15.4. The first-order chi connectivity index (χ1) is 18.0. The van der Waals surface area contributed by atoms with Gasteiger partial charge in [-0.25, -0.2) is 19.2 Å². The van der Waals surface area contributed by atoms with Crippen molar-refractivity contribution in [2.45, 2.75) is 57.9 Å². The van der Waals surface area contributed by atoms with E-state index in [2.05, 4.69) is 15.0 Å². The number of ether oxygens (including phenoxy) is 5. The minimum atomic E-state index is -1.34. The van der Waals surface area contributed by atoms with Crippen LogP contribution < -0.4 is 11.1 Å². The second-order valence-corrected chi connectivity index (χ2v) is 10.4. The van der Waals surface area contributed by atoms with Crippen molar-refractivity contribution in [1.82, 2.24) is 10.2 Å². The smallest absolute Gasteiger partial charge is 0.464 e. The summed E-state index contributed by atoms with van der Waals surface area (Å²) in [5.74, 6) is -2.16. The number of morpholine rings is 1. The molecule has 15 heteroatoms. The molecule has 0 radical (unpaired) electrons. The van der Waals surface area contributed by atoms with Gasteiger partial charge in [-0.2, -0.15) is 0 Å². The number of alkyl carbamates (subject to hydrolysis) is 1. The van der Waals surface area contributed by atoms with Gasteiger partial charge in [-0.15, -0.1) is 0 Å². The number of carbonyl (C=O) groups is 4. The summed E-state index contributed by atoms with van der Waals surface area (Å²) >= 11 is 0.617. The Balaban J connectivity index is 1.93. The Labute approximate surface area is 223 Å². The fourth-order valence-electron chi connectivity index (χ4n) is 3.29. The summed E-state index contributed by atoms with van der Waals surface area (Å²) in [6.07, 6.45) is 0.333. The Morgan fingerprint density at radius 2 is 1.76 bits per heavy atom. The molecule has 2 heterocycles. The van der Waals surface area contributed by atoms with E-state index >= 15 is 0 Å². The average Bonchev–Trinajstić information content (AvgIpc) is 3.17. The summed E-state index contributed by atoms with van der Waals surface area (Å²) in [5, 5.41) is 1.55. The molecule has 1 N–H and O–H groups in total. The highest BCUT2D eigenvalue weighted by atomic mass is 32.2. The molecule has 0 saturated carbocycles. The Bertz CT molecular complexity index is 999. The molecule has 1 aliphatic heterocycles. The maximum Gasteiger partial charge on any atom is 0.519 e. The molecule has 0 aliphatic carbocycles. The number of carbonyl (C=O) groups excluding carboxylic acids is 4. The SMILES string of the molecule is CC(=O)OCOC(=O)N[C@@H](C(=O)OCCCCN1CCOCC1)C(C)(C)SC(=O)OCc1oc(=O)oc1C. The van der Waals surface area contributed by atoms with E-state index in [9.17, 15) is 24.0 Å². The predicted octanol–water partition coefficient (Wildman–Crippen LogP) is 1.96. The number of nitrogens with zero attached hydrogens (tertiary/aromatic N) is 1.